The van der Waals surface area contributed by atoms with E-state index in [1.165, 1.54) is 0 Å². The number of likely N-dealkylation sites (tertiary alicyclic amines) is 1. The Morgan fingerprint density at radius 3 is 2.53 bits per heavy atom. The van der Waals surface area contributed by atoms with Crippen LogP contribution in [0.5, 0.6) is 0 Å². The van der Waals surface area contributed by atoms with E-state index >= 15 is 0 Å². The van der Waals surface area contributed by atoms with Crippen molar-refractivity contribution in [1.29, 1.82) is 0 Å². The van der Waals surface area contributed by atoms with Crippen LogP contribution in [0.1, 0.15) is 76.7 Å². The number of anilines is 3. The van der Waals surface area contributed by atoms with Crippen molar-refractivity contribution in [3.8, 4) is 0 Å². The van der Waals surface area contributed by atoms with E-state index in [1.54, 1.807) is 29.3 Å². The largest absolute Gasteiger partial charge is 0.374 e. The van der Waals surface area contributed by atoms with E-state index in [-0.39, 0.29) is 47.4 Å². The lowest BCUT2D eigenvalue weighted by Gasteiger charge is -2.56. The monoisotopic (exact) mass is 791 g/mol. The molecule has 5 saturated heterocycles. The highest BCUT2D eigenvalue weighted by atomic mass is 16.2. The number of nitrogens with one attached hydrogen (secondary N) is 2. The quantitative estimate of drug-likeness (QED) is 0.235. The van der Waals surface area contributed by atoms with Gasteiger partial charge in [-0.25, -0.2) is 14.8 Å². The van der Waals surface area contributed by atoms with E-state index in [2.05, 4.69) is 43.8 Å². The highest BCUT2D eigenvalue weighted by molar-refractivity contribution is 6.25. The maximum Gasteiger partial charge on any atom is 0.320 e. The summed E-state index contributed by atoms with van der Waals surface area (Å²) in [6.07, 6.45) is 11.0. The zero-order chi connectivity index (χ0) is 40.9. The van der Waals surface area contributed by atoms with Crippen molar-refractivity contribution in [2.45, 2.75) is 57.5 Å². The minimum atomic E-state index is -1.01. The Morgan fingerprint density at radius 2 is 1.81 bits per heavy atom. The van der Waals surface area contributed by atoms with Crippen LogP contribution in [0.3, 0.4) is 0 Å². The predicted molar refractivity (Wildman–Crippen MR) is 215 cm³/mol. The lowest BCUT2D eigenvalue weighted by Crippen LogP contribution is -2.63. The number of allylic oxidation sites excluding steroid dienone is 4. The number of piperidine rings is 3. The van der Waals surface area contributed by atoms with E-state index in [0.717, 1.165) is 55.9 Å². The van der Waals surface area contributed by atoms with Crippen molar-refractivity contribution in [1.82, 2.24) is 34.9 Å². The molecule has 17 heteroatoms. The van der Waals surface area contributed by atoms with Gasteiger partial charge in [0, 0.05) is 82.6 Å². The van der Waals surface area contributed by atoms with Crippen molar-refractivity contribution >= 4 is 52.9 Å². The first-order valence-electron chi connectivity index (χ1n) is 19.9. The number of hydrogen-bond acceptors (Lipinski definition) is 12. The van der Waals surface area contributed by atoms with Crippen LogP contribution >= 0.6 is 0 Å². The van der Waals surface area contributed by atoms with E-state index in [4.69, 9.17) is 10.7 Å². The van der Waals surface area contributed by atoms with Gasteiger partial charge in [0.05, 0.1) is 29.1 Å². The average Bonchev–Trinajstić information content (AvgIpc) is 3.68. The van der Waals surface area contributed by atoms with Crippen molar-refractivity contribution in [3.63, 3.8) is 0 Å². The summed E-state index contributed by atoms with van der Waals surface area (Å²) in [5, 5.41) is 5.48. The second-order valence-electron chi connectivity index (χ2n) is 16.2. The molecule has 58 heavy (non-hydrogen) atoms. The first kappa shape index (κ1) is 38.6. The Labute approximate surface area is 336 Å². The number of likely N-dealkylation sites (N-methyl/N-ethyl adjacent to an activating group) is 1. The van der Waals surface area contributed by atoms with Crippen molar-refractivity contribution in [2.24, 2.45) is 11.1 Å². The number of imide groups is 2. The molecule has 8 rings (SSSR count). The second kappa shape index (κ2) is 15.2. The molecule has 7 amide bonds. The molecule has 0 radical (unpaired) electrons. The Balaban J connectivity index is 0.934. The van der Waals surface area contributed by atoms with Crippen LogP contribution in [0.25, 0.3) is 0 Å². The molecule has 1 unspecified atom stereocenters. The molecule has 0 bridgehead atoms. The molecule has 17 nitrogen and oxygen atoms in total. The lowest BCUT2D eigenvalue weighted by molar-refractivity contribution is -0.136. The number of nitrogens with two attached hydrogens (primary N) is 1. The van der Waals surface area contributed by atoms with Gasteiger partial charge in [0.2, 0.25) is 11.8 Å². The van der Waals surface area contributed by atoms with E-state index in [9.17, 15) is 28.8 Å². The topological polar surface area (TPSA) is 198 Å². The van der Waals surface area contributed by atoms with Gasteiger partial charge in [0.15, 0.2) is 11.5 Å². The van der Waals surface area contributed by atoms with Gasteiger partial charge in [-0.1, -0.05) is 12.6 Å². The highest BCUT2D eigenvalue weighted by Gasteiger charge is 2.50. The molecule has 4 N–H and O–H groups in total. The molecular weight excluding hydrogens is 743 g/mol. The zero-order valence-corrected chi connectivity index (χ0v) is 32.9. The summed E-state index contributed by atoms with van der Waals surface area (Å²) >= 11 is 0. The summed E-state index contributed by atoms with van der Waals surface area (Å²) < 4.78 is 0. The highest BCUT2D eigenvalue weighted by Crippen LogP contribution is 2.45. The standard InChI is InChI=1S/C41H49N11O6/c1-4-26(44-36-34(35(42)54)43-20-31(45-36)48-16-6-8-27(21-48)51-19-18-47(3)40(51)58)12-11-25(2)49-17-7-15-41(22-49)23-50(24-41)29-10-5-9-28-33(29)39(57)52(38(28)56)30-13-14-32(53)46-37(30)55/h4-5,9-12,20,27,30H,1,6-8,13-19,21-24H2,2-3H3,(H2,42,54)(H,44,45)(H,46,53,55)/b25-11+,26-12+/t27-,30?/m1/s1. The molecule has 1 aromatic heterocycles. The lowest BCUT2D eigenvalue weighted by atomic mass is 9.72. The van der Waals surface area contributed by atoms with Crippen molar-refractivity contribution in [2.75, 3.05) is 74.5 Å². The molecule has 5 fully saturated rings. The van der Waals surface area contributed by atoms with Crippen LogP contribution in [0.2, 0.25) is 0 Å². The third-order valence-corrected chi connectivity index (χ3v) is 12.4. The Morgan fingerprint density at radius 1 is 1.00 bits per heavy atom. The predicted octanol–water partition coefficient (Wildman–Crippen LogP) is 2.30. The van der Waals surface area contributed by atoms with Crippen LogP contribution in [0.15, 0.2) is 60.6 Å². The first-order valence-corrected chi connectivity index (χ1v) is 19.9. The number of rotatable bonds is 10. The van der Waals surface area contributed by atoms with Crippen LogP contribution in [-0.4, -0.2) is 137 Å². The molecule has 1 spiro atoms. The van der Waals surface area contributed by atoms with Gasteiger partial charge in [-0.2, -0.15) is 0 Å². The number of primary amides is 1. The van der Waals surface area contributed by atoms with Gasteiger partial charge in [-0.3, -0.25) is 34.2 Å². The summed E-state index contributed by atoms with van der Waals surface area (Å²) in [6, 6.07) is 4.33. The summed E-state index contributed by atoms with van der Waals surface area (Å²) in [4.78, 5) is 97.1. The van der Waals surface area contributed by atoms with Gasteiger partial charge >= 0.3 is 6.03 Å². The van der Waals surface area contributed by atoms with Gasteiger partial charge in [-0.15, -0.1) is 0 Å². The van der Waals surface area contributed by atoms with Gasteiger partial charge in [-0.05, 0) is 69.4 Å². The Bertz CT molecular complexity index is 2160. The van der Waals surface area contributed by atoms with Crippen LogP contribution in [0, 0.1) is 5.41 Å². The number of hydrogen-bond donors (Lipinski definition) is 3. The minimum Gasteiger partial charge on any atom is -0.374 e. The smallest absolute Gasteiger partial charge is 0.320 e. The molecule has 6 aliphatic rings. The van der Waals surface area contributed by atoms with Crippen LogP contribution in [-0.2, 0) is 9.59 Å². The number of benzene rings is 1. The maximum absolute atomic E-state index is 13.7. The fourth-order valence-corrected chi connectivity index (χ4v) is 9.30. The molecule has 0 aliphatic carbocycles. The van der Waals surface area contributed by atoms with Crippen molar-refractivity contribution < 1.29 is 28.8 Å². The third-order valence-electron chi connectivity index (χ3n) is 12.4. The van der Waals surface area contributed by atoms with E-state index in [1.807, 2.05) is 30.2 Å². The average molecular weight is 792 g/mol. The van der Waals surface area contributed by atoms with Gasteiger partial charge < -0.3 is 35.6 Å². The fraction of sp³-hybridized carbons (Fsp3) is 0.463. The summed E-state index contributed by atoms with van der Waals surface area (Å²) in [5.74, 6) is -1.95. The molecule has 0 saturated carbocycles. The maximum atomic E-state index is 13.7. The zero-order valence-electron chi connectivity index (χ0n) is 32.9. The summed E-state index contributed by atoms with van der Waals surface area (Å²) in [5.41, 5.74) is 8.61. The van der Waals surface area contributed by atoms with E-state index in [0.29, 0.717) is 55.5 Å². The Hall–Kier alpha value is -6.26. The first-order chi connectivity index (χ1) is 27.9. The number of fused-ring (bicyclic) bond motifs is 1. The van der Waals surface area contributed by atoms with Gasteiger partial charge in [0.25, 0.3) is 17.7 Å². The number of urea groups is 1. The number of amides is 7. The number of aromatic nitrogens is 2. The fourth-order valence-electron chi connectivity index (χ4n) is 9.30. The summed E-state index contributed by atoms with van der Waals surface area (Å²) in [7, 11) is 1.82. The second-order valence-corrected chi connectivity index (χ2v) is 16.2. The molecule has 6 aliphatic heterocycles. The number of nitrogens with zero attached hydrogens (tertiary/aromatic N) is 8. The SMILES string of the molecule is C=C/C(=C\C=C(/C)N1CCCC2(C1)CN(c1cccc3c1C(=O)N(C1CCC(=O)NC1=O)C3=O)C2)Nc1nc(N2CCC[C@@H](N3CCN(C)C3=O)C2)cnc1C(N)=O. The molecule has 2 aromatic rings. The molecule has 2 atom stereocenters. The summed E-state index contributed by atoms with van der Waals surface area (Å²) in [6.45, 7) is 11.9. The molecule has 7 heterocycles. The van der Waals surface area contributed by atoms with Crippen molar-refractivity contribution in [3.05, 3.63) is 77.4 Å². The van der Waals surface area contributed by atoms with Gasteiger partial charge in [0.1, 0.15) is 11.9 Å². The third kappa shape index (κ3) is 7.02. The Kier molecular flexibility index (Phi) is 10.1. The minimum absolute atomic E-state index is 0.00780. The molecular formula is C41H49N11O6. The number of carbonyl (C=O) groups excluding carboxylic acids is 6. The molecule has 1 aromatic carbocycles. The van der Waals surface area contributed by atoms with E-state index < -0.39 is 35.6 Å². The normalized spacial score (nSPS) is 23.7. The number of carbonyl (C=O) groups is 6. The van der Waals surface area contributed by atoms with Crippen LogP contribution in [0.4, 0.5) is 22.1 Å². The molecule has 304 valence electrons. The van der Waals surface area contributed by atoms with Crippen LogP contribution < -0.4 is 26.2 Å².